The number of amides is 1. The van der Waals surface area contributed by atoms with Gasteiger partial charge in [0, 0.05) is 50.1 Å². The van der Waals surface area contributed by atoms with Crippen LogP contribution in [0.15, 0.2) is 42.9 Å². The molecule has 25 heavy (non-hydrogen) atoms. The minimum atomic E-state index is -0.0585. The maximum absolute atomic E-state index is 12.7. The molecular formula is C19H22N4O2. The monoisotopic (exact) mass is 338 g/mol. The van der Waals surface area contributed by atoms with Crippen molar-refractivity contribution in [1.82, 2.24) is 20.1 Å². The number of rotatable bonds is 6. The molecule has 0 bridgehead atoms. The highest BCUT2D eigenvalue weighted by Crippen LogP contribution is 2.34. The molecule has 1 saturated carbocycles. The minimum Gasteiger partial charge on any atom is -0.381 e. The van der Waals surface area contributed by atoms with Gasteiger partial charge in [-0.3, -0.25) is 9.78 Å². The second-order valence-electron chi connectivity index (χ2n) is 6.95. The number of likely N-dealkylation sites (tertiary alicyclic amines) is 1. The molecule has 0 spiro atoms. The lowest BCUT2D eigenvalue weighted by Crippen LogP contribution is -2.30. The highest BCUT2D eigenvalue weighted by atomic mass is 16.5. The van der Waals surface area contributed by atoms with E-state index in [0.29, 0.717) is 31.3 Å². The van der Waals surface area contributed by atoms with E-state index in [1.165, 1.54) is 18.4 Å². The van der Waals surface area contributed by atoms with E-state index < -0.39 is 0 Å². The predicted molar refractivity (Wildman–Crippen MR) is 91.9 cm³/mol. The standard InChI is InChI=1S/C19H22N4O2/c24-19(18-2-1-7-21-22-18)23-10-16(13-25-12-14-3-4-14)17(11-23)15-5-8-20-9-6-15/h1-2,5-9,14,16-17H,3-4,10-13H2/t16-,17-/m0/s1. The summed E-state index contributed by atoms with van der Waals surface area (Å²) in [5.41, 5.74) is 1.61. The summed E-state index contributed by atoms with van der Waals surface area (Å²) in [6, 6.07) is 7.53. The first kappa shape index (κ1) is 16.1. The van der Waals surface area contributed by atoms with Crippen molar-refractivity contribution in [3.63, 3.8) is 0 Å². The quantitative estimate of drug-likeness (QED) is 0.807. The van der Waals surface area contributed by atoms with Crippen LogP contribution in [0.25, 0.3) is 0 Å². The van der Waals surface area contributed by atoms with Crippen molar-refractivity contribution in [2.24, 2.45) is 11.8 Å². The third-order valence-electron chi connectivity index (χ3n) is 5.04. The summed E-state index contributed by atoms with van der Waals surface area (Å²) in [7, 11) is 0. The van der Waals surface area contributed by atoms with Gasteiger partial charge >= 0.3 is 0 Å². The van der Waals surface area contributed by atoms with Gasteiger partial charge in [-0.25, -0.2) is 0 Å². The second kappa shape index (κ2) is 7.27. The molecule has 1 aliphatic heterocycles. The molecule has 2 fully saturated rings. The lowest BCUT2D eigenvalue weighted by atomic mass is 9.90. The van der Waals surface area contributed by atoms with Crippen LogP contribution >= 0.6 is 0 Å². The molecule has 1 aliphatic carbocycles. The van der Waals surface area contributed by atoms with Crippen LogP contribution in [-0.4, -0.2) is 52.3 Å². The molecule has 4 rings (SSSR count). The van der Waals surface area contributed by atoms with E-state index in [1.807, 2.05) is 29.4 Å². The topological polar surface area (TPSA) is 68.2 Å². The number of ether oxygens (including phenoxy) is 1. The first-order valence-corrected chi connectivity index (χ1v) is 8.86. The number of hydrogen-bond donors (Lipinski definition) is 0. The van der Waals surface area contributed by atoms with Gasteiger partial charge in [0.25, 0.3) is 5.91 Å². The number of aromatic nitrogens is 3. The molecule has 130 valence electrons. The molecule has 2 aliphatic rings. The van der Waals surface area contributed by atoms with Crippen molar-refractivity contribution >= 4 is 5.91 Å². The molecule has 0 aromatic carbocycles. The Balaban J connectivity index is 1.48. The lowest BCUT2D eigenvalue weighted by Gasteiger charge is -2.18. The van der Waals surface area contributed by atoms with Crippen LogP contribution in [0.2, 0.25) is 0 Å². The van der Waals surface area contributed by atoms with E-state index >= 15 is 0 Å². The Morgan fingerprint density at radius 1 is 1.12 bits per heavy atom. The van der Waals surface area contributed by atoms with Crippen molar-refractivity contribution in [2.45, 2.75) is 18.8 Å². The number of nitrogens with zero attached hydrogens (tertiary/aromatic N) is 4. The van der Waals surface area contributed by atoms with E-state index in [0.717, 1.165) is 12.5 Å². The minimum absolute atomic E-state index is 0.0585. The van der Waals surface area contributed by atoms with Gasteiger partial charge in [0.2, 0.25) is 0 Å². The highest BCUT2D eigenvalue weighted by molar-refractivity contribution is 5.92. The van der Waals surface area contributed by atoms with Crippen LogP contribution in [0.4, 0.5) is 0 Å². The maximum Gasteiger partial charge on any atom is 0.274 e. The number of hydrogen-bond acceptors (Lipinski definition) is 5. The molecule has 3 heterocycles. The van der Waals surface area contributed by atoms with Crippen molar-refractivity contribution < 1.29 is 9.53 Å². The zero-order chi connectivity index (χ0) is 17.1. The van der Waals surface area contributed by atoms with Crippen LogP contribution in [0.5, 0.6) is 0 Å². The van der Waals surface area contributed by atoms with Gasteiger partial charge in [0.05, 0.1) is 6.61 Å². The summed E-state index contributed by atoms with van der Waals surface area (Å²) in [4.78, 5) is 18.7. The number of carbonyl (C=O) groups is 1. The Labute approximate surface area is 147 Å². The average Bonchev–Trinajstić information content (AvgIpc) is 3.40. The van der Waals surface area contributed by atoms with E-state index in [1.54, 1.807) is 18.3 Å². The van der Waals surface area contributed by atoms with Crippen molar-refractivity contribution in [3.05, 3.63) is 54.1 Å². The summed E-state index contributed by atoms with van der Waals surface area (Å²) in [5, 5.41) is 7.78. The second-order valence-corrected chi connectivity index (χ2v) is 6.95. The Hall–Kier alpha value is -2.34. The van der Waals surface area contributed by atoms with Gasteiger partial charge in [-0.15, -0.1) is 5.10 Å². The normalized spacial score (nSPS) is 23.0. The fraction of sp³-hybridized carbons (Fsp3) is 0.474. The third kappa shape index (κ3) is 3.85. The Morgan fingerprint density at radius 2 is 1.96 bits per heavy atom. The fourth-order valence-electron chi connectivity index (χ4n) is 3.44. The largest absolute Gasteiger partial charge is 0.381 e. The van der Waals surface area contributed by atoms with Crippen molar-refractivity contribution in [2.75, 3.05) is 26.3 Å². The number of carbonyl (C=O) groups excluding carboxylic acids is 1. The molecule has 1 saturated heterocycles. The zero-order valence-corrected chi connectivity index (χ0v) is 14.1. The first-order valence-electron chi connectivity index (χ1n) is 8.86. The molecule has 6 heteroatoms. The Bertz CT molecular complexity index is 706. The van der Waals surface area contributed by atoms with E-state index in [2.05, 4.69) is 15.2 Å². The van der Waals surface area contributed by atoms with Crippen molar-refractivity contribution in [1.29, 1.82) is 0 Å². The van der Waals surface area contributed by atoms with E-state index in [4.69, 9.17) is 4.74 Å². The molecule has 1 amide bonds. The average molecular weight is 338 g/mol. The van der Waals surface area contributed by atoms with Crippen LogP contribution < -0.4 is 0 Å². The molecule has 2 aromatic heterocycles. The summed E-state index contributed by atoms with van der Waals surface area (Å²) < 4.78 is 5.95. The molecule has 0 radical (unpaired) electrons. The van der Waals surface area contributed by atoms with Crippen LogP contribution in [-0.2, 0) is 4.74 Å². The summed E-state index contributed by atoms with van der Waals surface area (Å²) in [6.45, 7) is 2.90. The van der Waals surface area contributed by atoms with Gasteiger partial charge in [-0.2, -0.15) is 5.10 Å². The summed E-state index contributed by atoms with van der Waals surface area (Å²) in [5.74, 6) is 1.25. The van der Waals surface area contributed by atoms with Gasteiger partial charge in [0.15, 0.2) is 5.69 Å². The van der Waals surface area contributed by atoms with Gasteiger partial charge in [-0.1, -0.05) is 0 Å². The van der Waals surface area contributed by atoms with Crippen LogP contribution in [0.3, 0.4) is 0 Å². The van der Waals surface area contributed by atoms with Crippen LogP contribution in [0.1, 0.15) is 34.8 Å². The predicted octanol–water partition coefficient (Wildman–Crippen LogP) is 2.15. The molecule has 0 unspecified atom stereocenters. The molecular weight excluding hydrogens is 316 g/mol. The lowest BCUT2D eigenvalue weighted by molar-refractivity contribution is 0.0734. The van der Waals surface area contributed by atoms with Gasteiger partial charge in [0.1, 0.15) is 0 Å². The molecule has 0 N–H and O–H groups in total. The smallest absolute Gasteiger partial charge is 0.274 e. The Kier molecular flexibility index (Phi) is 4.70. The Morgan fingerprint density at radius 3 is 2.68 bits per heavy atom. The summed E-state index contributed by atoms with van der Waals surface area (Å²) >= 11 is 0. The third-order valence-corrected chi connectivity index (χ3v) is 5.04. The fourth-order valence-corrected chi connectivity index (χ4v) is 3.44. The van der Waals surface area contributed by atoms with E-state index in [-0.39, 0.29) is 11.8 Å². The SMILES string of the molecule is O=C(c1cccnn1)N1C[C@@H](COCC2CC2)[C@H](c2ccncc2)C1. The van der Waals surface area contributed by atoms with Gasteiger partial charge in [-0.05, 0) is 48.6 Å². The first-order chi connectivity index (χ1) is 12.3. The molecule has 6 nitrogen and oxygen atoms in total. The maximum atomic E-state index is 12.7. The van der Waals surface area contributed by atoms with E-state index in [9.17, 15) is 4.79 Å². The zero-order valence-electron chi connectivity index (χ0n) is 14.1. The van der Waals surface area contributed by atoms with Crippen molar-refractivity contribution in [3.8, 4) is 0 Å². The molecule has 2 aromatic rings. The molecule has 2 atom stereocenters. The highest BCUT2D eigenvalue weighted by Gasteiger charge is 2.37. The van der Waals surface area contributed by atoms with Crippen LogP contribution in [0, 0.1) is 11.8 Å². The number of pyridine rings is 1. The summed E-state index contributed by atoms with van der Waals surface area (Å²) in [6.07, 6.45) is 7.77. The van der Waals surface area contributed by atoms with Gasteiger partial charge < -0.3 is 9.64 Å².